The average Bonchev–Trinajstić information content (AvgIpc) is 2.39. The minimum absolute atomic E-state index is 0.277. The summed E-state index contributed by atoms with van der Waals surface area (Å²) >= 11 is 0. The van der Waals surface area contributed by atoms with Crippen LogP contribution in [0.15, 0.2) is 42.5 Å². The van der Waals surface area contributed by atoms with E-state index in [1.54, 1.807) is 43.3 Å². The monoisotopic (exact) mass is 252 g/mol. The summed E-state index contributed by atoms with van der Waals surface area (Å²) in [6, 6.07) is 14.2. The molecule has 19 heavy (non-hydrogen) atoms. The normalized spacial score (nSPS) is 9.68. The largest absolute Gasteiger partial charge is 0.478 e. The van der Waals surface area contributed by atoms with Gasteiger partial charge in [-0.05, 0) is 42.8 Å². The predicted octanol–water partition coefficient (Wildman–Crippen LogP) is 3.31. The molecule has 0 atom stereocenters. The Bertz CT molecular complexity index is 672. The van der Waals surface area contributed by atoms with Crippen molar-refractivity contribution in [2.24, 2.45) is 0 Å². The standard InChI is InChI=1S/C15H12N2O2/c1-10-8-12(6-7-13(10)15(18)19)17-14-5-3-2-4-11(14)9-16/h2-8,17H,1H3,(H,18,19). The van der Waals surface area contributed by atoms with Crippen LogP contribution in [0.1, 0.15) is 21.5 Å². The Morgan fingerprint density at radius 3 is 2.63 bits per heavy atom. The number of nitrogens with zero attached hydrogens (tertiary/aromatic N) is 1. The quantitative estimate of drug-likeness (QED) is 0.878. The van der Waals surface area contributed by atoms with Crippen molar-refractivity contribution in [3.8, 4) is 6.07 Å². The molecule has 0 fully saturated rings. The van der Waals surface area contributed by atoms with Crippen molar-refractivity contribution in [1.82, 2.24) is 0 Å². The molecule has 0 bridgehead atoms. The van der Waals surface area contributed by atoms with Gasteiger partial charge in [0.25, 0.3) is 0 Å². The number of carbonyl (C=O) groups is 1. The maximum atomic E-state index is 10.9. The lowest BCUT2D eigenvalue weighted by Crippen LogP contribution is -2.01. The van der Waals surface area contributed by atoms with Crippen LogP contribution < -0.4 is 5.32 Å². The van der Waals surface area contributed by atoms with E-state index in [9.17, 15) is 4.79 Å². The molecule has 2 aromatic rings. The van der Waals surface area contributed by atoms with Crippen molar-refractivity contribution in [2.45, 2.75) is 6.92 Å². The second-order valence-corrected chi connectivity index (χ2v) is 4.12. The van der Waals surface area contributed by atoms with Gasteiger partial charge in [0.1, 0.15) is 6.07 Å². The molecule has 0 aromatic heterocycles. The van der Waals surface area contributed by atoms with Gasteiger partial charge in [-0.3, -0.25) is 0 Å². The SMILES string of the molecule is Cc1cc(Nc2ccccc2C#N)ccc1C(=O)O. The number of aryl methyl sites for hydroxylation is 1. The highest BCUT2D eigenvalue weighted by molar-refractivity contribution is 5.90. The third kappa shape index (κ3) is 2.72. The van der Waals surface area contributed by atoms with Crippen molar-refractivity contribution in [3.63, 3.8) is 0 Å². The maximum absolute atomic E-state index is 10.9. The summed E-state index contributed by atoms with van der Waals surface area (Å²) in [5, 5.41) is 21.1. The zero-order valence-corrected chi connectivity index (χ0v) is 10.3. The summed E-state index contributed by atoms with van der Waals surface area (Å²) in [4.78, 5) is 10.9. The van der Waals surface area contributed by atoms with E-state index in [4.69, 9.17) is 10.4 Å². The number of rotatable bonds is 3. The van der Waals surface area contributed by atoms with Crippen molar-refractivity contribution < 1.29 is 9.90 Å². The molecule has 0 radical (unpaired) electrons. The molecule has 0 unspecified atom stereocenters. The topological polar surface area (TPSA) is 73.1 Å². The van der Waals surface area contributed by atoms with Gasteiger partial charge in [-0.1, -0.05) is 12.1 Å². The summed E-state index contributed by atoms with van der Waals surface area (Å²) in [5.41, 5.74) is 2.95. The molecule has 2 N–H and O–H groups in total. The molecule has 4 heteroatoms. The van der Waals surface area contributed by atoms with Gasteiger partial charge in [-0.15, -0.1) is 0 Å². The van der Waals surface area contributed by atoms with E-state index in [1.165, 1.54) is 0 Å². The number of hydrogen-bond acceptors (Lipinski definition) is 3. The Hall–Kier alpha value is -2.80. The van der Waals surface area contributed by atoms with Gasteiger partial charge in [-0.2, -0.15) is 5.26 Å². The zero-order valence-electron chi connectivity index (χ0n) is 10.3. The number of benzene rings is 2. The van der Waals surface area contributed by atoms with Gasteiger partial charge in [0.2, 0.25) is 0 Å². The van der Waals surface area contributed by atoms with Crippen molar-refractivity contribution in [3.05, 3.63) is 59.2 Å². The molecule has 0 spiro atoms. The Labute approximate surface area is 110 Å². The smallest absolute Gasteiger partial charge is 0.335 e. The fourth-order valence-electron chi connectivity index (χ4n) is 1.83. The van der Waals surface area contributed by atoms with Crippen LogP contribution in [0.2, 0.25) is 0 Å². The number of nitriles is 1. The minimum Gasteiger partial charge on any atom is -0.478 e. The van der Waals surface area contributed by atoms with Crippen LogP contribution in [0, 0.1) is 18.3 Å². The molecule has 0 aliphatic heterocycles. The lowest BCUT2D eigenvalue weighted by Gasteiger charge is -2.10. The molecule has 0 saturated heterocycles. The van der Waals surface area contributed by atoms with E-state index >= 15 is 0 Å². The first-order valence-electron chi connectivity index (χ1n) is 5.72. The van der Waals surface area contributed by atoms with Crippen LogP contribution in [0.3, 0.4) is 0 Å². The molecule has 0 amide bonds. The number of hydrogen-bond donors (Lipinski definition) is 2. The Balaban J connectivity index is 2.32. The van der Waals surface area contributed by atoms with Gasteiger partial charge in [0.15, 0.2) is 0 Å². The Morgan fingerprint density at radius 1 is 1.26 bits per heavy atom. The van der Waals surface area contributed by atoms with Gasteiger partial charge in [-0.25, -0.2) is 4.79 Å². The third-order valence-corrected chi connectivity index (χ3v) is 2.78. The van der Waals surface area contributed by atoms with Crippen molar-refractivity contribution in [2.75, 3.05) is 5.32 Å². The van der Waals surface area contributed by atoms with E-state index in [2.05, 4.69) is 11.4 Å². The number of para-hydroxylation sites is 1. The summed E-state index contributed by atoms with van der Waals surface area (Å²) in [6.45, 7) is 1.74. The molecule has 94 valence electrons. The molecular formula is C15H12N2O2. The van der Waals surface area contributed by atoms with E-state index in [-0.39, 0.29) is 5.56 Å². The Morgan fingerprint density at radius 2 is 2.00 bits per heavy atom. The molecule has 4 nitrogen and oxygen atoms in total. The van der Waals surface area contributed by atoms with Gasteiger partial charge in [0, 0.05) is 5.69 Å². The molecule has 0 aliphatic rings. The summed E-state index contributed by atoms with van der Waals surface area (Å²) in [5.74, 6) is -0.943. The third-order valence-electron chi connectivity index (χ3n) is 2.78. The van der Waals surface area contributed by atoms with Crippen LogP contribution >= 0.6 is 0 Å². The number of anilines is 2. The molecule has 2 aromatic carbocycles. The van der Waals surface area contributed by atoms with Crippen LogP contribution in [0.4, 0.5) is 11.4 Å². The molecule has 0 heterocycles. The number of carboxylic acids is 1. The summed E-state index contributed by atoms with van der Waals surface area (Å²) < 4.78 is 0. The molecule has 2 rings (SSSR count). The first kappa shape index (κ1) is 12.7. The lowest BCUT2D eigenvalue weighted by atomic mass is 10.1. The molecule has 0 saturated carbocycles. The van der Waals surface area contributed by atoms with E-state index in [0.29, 0.717) is 16.8 Å². The van der Waals surface area contributed by atoms with E-state index in [1.807, 2.05) is 6.07 Å². The van der Waals surface area contributed by atoms with Gasteiger partial charge in [0.05, 0.1) is 16.8 Å². The highest BCUT2D eigenvalue weighted by Gasteiger charge is 2.08. The number of carboxylic acid groups (broad SMARTS) is 1. The first-order valence-corrected chi connectivity index (χ1v) is 5.72. The zero-order chi connectivity index (χ0) is 13.8. The second-order valence-electron chi connectivity index (χ2n) is 4.12. The number of aromatic carboxylic acids is 1. The average molecular weight is 252 g/mol. The summed E-state index contributed by atoms with van der Waals surface area (Å²) in [7, 11) is 0. The van der Waals surface area contributed by atoms with Gasteiger partial charge >= 0.3 is 5.97 Å². The Kier molecular flexibility index (Phi) is 3.48. The van der Waals surface area contributed by atoms with Crippen LogP contribution in [0.5, 0.6) is 0 Å². The van der Waals surface area contributed by atoms with E-state index < -0.39 is 5.97 Å². The second kappa shape index (κ2) is 5.23. The fraction of sp³-hybridized carbons (Fsp3) is 0.0667. The molecular weight excluding hydrogens is 240 g/mol. The van der Waals surface area contributed by atoms with Gasteiger partial charge < -0.3 is 10.4 Å². The maximum Gasteiger partial charge on any atom is 0.335 e. The minimum atomic E-state index is -0.943. The van der Waals surface area contributed by atoms with E-state index in [0.717, 1.165) is 5.69 Å². The first-order chi connectivity index (χ1) is 9.11. The molecule has 0 aliphatic carbocycles. The van der Waals surface area contributed by atoms with Crippen LogP contribution in [-0.2, 0) is 0 Å². The van der Waals surface area contributed by atoms with Crippen molar-refractivity contribution in [1.29, 1.82) is 5.26 Å². The van der Waals surface area contributed by atoms with Crippen LogP contribution in [-0.4, -0.2) is 11.1 Å². The van der Waals surface area contributed by atoms with Crippen molar-refractivity contribution >= 4 is 17.3 Å². The predicted molar refractivity (Wildman–Crippen MR) is 72.6 cm³/mol. The van der Waals surface area contributed by atoms with Crippen LogP contribution in [0.25, 0.3) is 0 Å². The fourth-order valence-corrected chi connectivity index (χ4v) is 1.83. The highest BCUT2D eigenvalue weighted by Crippen LogP contribution is 2.22. The highest BCUT2D eigenvalue weighted by atomic mass is 16.4. The number of nitrogens with one attached hydrogen (secondary N) is 1. The summed E-state index contributed by atoms with van der Waals surface area (Å²) in [6.07, 6.45) is 0. The lowest BCUT2D eigenvalue weighted by molar-refractivity contribution is 0.0696.